The number of sulfonamides is 1. The van der Waals surface area contributed by atoms with Gasteiger partial charge in [0.05, 0.1) is 21.4 Å². The molecule has 0 aliphatic rings. The number of nitrogens with one attached hydrogen (secondary N) is 3. The van der Waals surface area contributed by atoms with Gasteiger partial charge in [-0.1, -0.05) is 48.5 Å². The highest BCUT2D eigenvalue weighted by Gasteiger charge is 2.43. The van der Waals surface area contributed by atoms with Crippen molar-refractivity contribution in [3.63, 3.8) is 0 Å². The van der Waals surface area contributed by atoms with E-state index in [9.17, 15) is 23.2 Å². The molecule has 36 heavy (non-hydrogen) atoms. The van der Waals surface area contributed by atoms with Crippen molar-refractivity contribution in [2.45, 2.75) is 50.1 Å². The number of carbonyl (C=O) groups excluding carboxylic acids is 2. The Morgan fingerprint density at radius 1 is 1.11 bits per heavy atom. The molecule has 4 N–H and O–H groups in total. The molecule has 2 aromatic rings. The zero-order valence-electron chi connectivity index (χ0n) is 19.7. The van der Waals surface area contributed by atoms with Gasteiger partial charge in [0.2, 0.25) is 15.9 Å². The molecular formula is C24H27Cl2N3O6S. The molecule has 2 aromatic carbocycles. The van der Waals surface area contributed by atoms with Crippen molar-refractivity contribution in [1.82, 2.24) is 15.5 Å². The molecule has 0 aliphatic heterocycles. The first-order valence-corrected chi connectivity index (χ1v) is 13.2. The number of halogens is 2. The number of rotatable bonds is 12. The second kappa shape index (κ2) is 13.5. The molecule has 0 saturated heterocycles. The second-order valence-electron chi connectivity index (χ2n) is 7.72. The Morgan fingerprint density at radius 2 is 1.81 bits per heavy atom. The number of hydrogen-bond donors (Lipinski definition) is 4. The smallest absolute Gasteiger partial charge is 0.285 e. The van der Waals surface area contributed by atoms with Crippen molar-refractivity contribution in [2.24, 2.45) is 0 Å². The summed E-state index contributed by atoms with van der Waals surface area (Å²) in [6, 6.07) is 10.0. The molecule has 0 heterocycles. The summed E-state index contributed by atoms with van der Waals surface area (Å²) in [5.41, 5.74) is -0.216. The van der Waals surface area contributed by atoms with E-state index in [1.165, 1.54) is 41.9 Å². The highest BCUT2D eigenvalue weighted by atomic mass is 35.5. The fourth-order valence-electron chi connectivity index (χ4n) is 3.21. The first-order valence-electron chi connectivity index (χ1n) is 10.9. The van der Waals surface area contributed by atoms with E-state index in [0.29, 0.717) is 29.2 Å². The highest BCUT2D eigenvalue weighted by molar-refractivity contribution is 7.89. The molecule has 12 heteroatoms. The number of benzene rings is 2. The minimum atomic E-state index is -4.33. The summed E-state index contributed by atoms with van der Waals surface area (Å²) >= 11 is 11.9. The van der Waals surface area contributed by atoms with E-state index in [-0.39, 0.29) is 29.4 Å². The second-order valence-corrected chi connectivity index (χ2v) is 10.2. The summed E-state index contributed by atoms with van der Waals surface area (Å²) < 4.78 is 34.1. The number of carbonyl (C=O) groups is 2. The molecule has 0 radical (unpaired) electrons. The van der Waals surface area contributed by atoms with Gasteiger partial charge in [-0.15, -0.1) is 5.92 Å². The molecule has 2 rings (SSSR count). The molecule has 0 unspecified atom stereocenters. The average Bonchev–Trinajstić information content (AvgIpc) is 2.84. The van der Waals surface area contributed by atoms with Gasteiger partial charge < -0.3 is 10.1 Å². The lowest BCUT2D eigenvalue weighted by Crippen LogP contribution is -2.68. The van der Waals surface area contributed by atoms with Gasteiger partial charge in [0.15, 0.2) is 5.66 Å². The quantitative estimate of drug-likeness (QED) is 0.137. The van der Waals surface area contributed by atoms with Crippen LogP contribution >= 0.6 is 23.2 Å². The lowest BCUT2D eigenvalue weighted by Gasteiger charge is -2.33. The van der Waals surface area contributed by atoms with Gasteiger partial charge in [0.25, 0.3) is 5.91 Å². The first-order chi connectivity index (χ1) is 17.1. The summed E-state index contributed by atoms with van der Waals surface area (Å²) in [6.45, 7) is 3.64. The van der Waals surface area contributed by atoms with Crippen molar-refractivity contribution >= 4 is 45.0 Å². The summed E-state index contributed by atoms with van der Waals surface area (Å²) in [7, 11) is -4.33. The maximum atomic E-state index is 13.2. The van der Waals surface area contributed by atoms with Crippen LogP contribution in [0.2, 0.25) is 10.0 Å². The fraction of sp³-hybridized carbons (Fsp3) is 0.333. The highest BCUT2D eigenvalue weighted by Crippen LogP contribution is 2.24. The monoisotopic (exact) mass is 555 g/mol. The summed E-state index contributed by atoms with van der Waals surface area (Å²) in [5.74, 6) is 3.99. The number of amides is 2. The lowest BCUT2D eigenvalue weighted by atomic mass is 10.0. The summed E-state index contributed by atoms with van der Waals surface area (Å²) in [4.78, 5) is 25.5. The minimum Gasteiger partial charge on any atom is -0.481 e. The van der Waals surface area contributed by atoms with E-state index in [4.69, 9.17) is 27.9 Å². The van der Waals surface area contributed by atoms with Crippen LogP contribution in [0.4, 0.5) is 0 Å². The van der Waals surface area contributed by atoms with Gasteiger partial charge >= 0.3 is 0 Å². The number of unbranched alkanes of at least 4 members (excludes halogenated alkanes) is 1. The van der Waals surface area contributed by atoms with E-state index < -0.39 is 27.5 Å². The predicted molar refractivity (Wildman–Crippen MR) is 136 cm³/mol. The zero-order chi connectivity index (χ0) is 26.8. The Labute approximate surface area is 220 Å². The van der Waals surface area contributed by atoms with Gasteiger partial charge in [0.1, 0.15) is 12.4 Å². The van der Waals surface area contributed by atoms with Crippen molar-refractivity contribution in [2.75, 3.05) is 6.61 Å². The average molecular weight is 556 g/mol. The lowest BCUT2D eigenvalue weighted by molar-refractivity contribution is -0.141. The van der Waals surface area contributed by atoms with E-state index in [1.807, 2.05) is 6.92 Å². The van der Waals surface area contributed by atoms with E-state index in [2.05, 4.69) is 21.9 Å². The molecule has 0 aromatic heterocycles. The van der Waals surface area contributed by atoms with Crippen LogP contribution in [0.1, 0.15) is 38.7 Å². The summed E-state index contributed by atoms with van der Waals surface area (Å²) in [6.07, 6.45) is 0.586. The third kappa shape index (κ3) is 8.11. The third-order valence-corrected chi connectivity index (χ3v) is 7.28. The van der Waals surface area contributed by atoms with Crippen molar-refractivity contribution in [3.8, 4) is 17.6 Å². The molecule has 1 atom stereocenters. The van der Waals surface area contributed by atoms with Gasteiger partial charge in [-0.3, -0.25) is 14.8 Å². The van der Waals surface area contributed by atoms with E-state index in [0.717, 1.165) is 0 Å². The van der Waals surface area contributed by atoms with Gasteiger partial charge in [-0.2, -0.15) is 4.72 Å². The topological polar surface area (TPSA) is 134 Å². The Kier molecular flexibility index (Phi) is 11.0. The van der Waals surface area contributed by atoms with Crippen LogP contribution in [0.25, 0.3) is 0 Å². The van der Waals surface area contributed by atoms with Crippen LogP contribution in [0.3, 0.4) is 0 Å². The molecule has 0 aliphatic carbocycles. The van der Waals surface area contributed by atoms with Crippen LogP contribution in [0.5, 0.6) is 5.75 Å². The number of hydrogen-bond acceptors (Lipinski definition) is 6. The number of hydroxylamine groups is 1. The Balaban J connectivity index is 2.34. The Morgan fingerprint density at radius 3 is 2.39 bits per heavy atom. The fourth-order valence-corrected chi connectivity index (χ4v) is 4.84. The zero-order valence-corrected chi connectivity index (χ0v) is 22.1. The van der Waals surface area contributed by atoms with Crippen LogP contribution in [0.15, 0.2) is 47.4 Å². The standard InChI is InChI=1S/C24H27Cl2N3O6S/c1-3-5-13-24(23(31)28-32,27-22(30)16-17-7-12-20(25)21(26)15-17)29-36(33,34)19-10-8-18(9-11-19)35-14-6-4-2/h7-12,15,29,32H,3,5,13-14,16H2,1-2H3,(H,27,30)(H,28,31)/t24-/m1/s1. The van der Waals surface area contributed by atoms with Crippen LogP contribution in [0, 0.1) is 11.8 Å². The largest absolute Gasteiger partial charge is 0.481 e. The van der Waals surface area contributed by atoms with Gasteiger partial charge in [-0.25, -0.2) is 13.9 Å². The van der Waals surface area contributed by atoms with Crippen LogP contribution in [-0.2, 0) is 26.0 Å². The first kappa shape index (κ1) is 29.4. The number of ether oxygens (including phenoxy) is 1. The van der Waals surface area contributed by atoms with E-state index in [1.54, 1.807) is 13.0 Å². The SMILES string of the molecule is CC#CCOc1ccc(S(=O)(=O)N[C@@](CCCC)(NC(=O)Cc2ccc(Cl)c(Cl)c2)C(=O)NO)cc1. The third-order valence-electron chi connectivity index (χ3n) is 5.03. The molecule has 0 bridgehead atoms. The normalized spacial score (nSPS) is 12.6. The summed E-state index contributed by atoms with van der Waals surface area (Å²) in [5, 5.41) is 12.4. The molecule has 9 nitrogen and oxygen atoms in total. The van der Waals surface area contributed by atoms with Gasteiger partial charge in [-0.05, 0) is 61.7 Å². The van der Waals surface area contributed by atoms with Crippen molar-refractivity contribution in [3.05, 3.63) is 58.1 Å². The van der Waals surface area contributed by atoms with Crippen molar-refractivity contribution in [1.29, 1.82) is 0 Å². The maximum absolute atomic E-state index is 13.2. The van der Waals surface area contributed by atoms with Crippen LogP contribution in [-0.4, -0.2) is 37.7 Å². The molecule has 2 amide bonds. The Hall–Kier alpha value is -2.81. The van der Waals surface area contributed by atoms with E-state index >= 15 is 0 Å². The Bertz CT molecular complexity index is 1240. The molecule has 0 fully saturated rings. The predicted octanol–water partition coefficient (Wildman–Crippen LogP) is 3.42. The maximum Gasteiger partial charge on any atom is 0.285 e. The minimum absolute atomic E-state index is 0.126. The van der Waals surface area contributed by atoms with Crippen LogP contribution < -0.4 is 20.3 Å². The van der Waals surface area contributed by atoms with Gasteiger partial charge in [0, 0.05) is 0 Å². The molecular weight excluding hydrogens is 529 g/mol. The molecule has 194 valence electrons. The van der Waals surface area contributed by atoms with Crippen molar-refractivity contribution < 1.29 is 28.0 Å². The molecule has 0 saturated carbocycles. The molecule has 0 spiro atoms.